The van der Waals surface area contributed by atoms with Gasteiger partial charge in [0.25, 0.3) is 0 Å². The van der Waals surface area contributed by atoms with E-state index in [0.29, 0.717) is 45.3 Å². The van der Waals surface area contributed by atoms with Crippen LogP contribution < -0.4 is 22.5 Å². The lowest BCUT2D eigenvalue weighted by molar-refractivity contribution is -0.147. The van der Waals surface area contributed by atoms with Crippen molar-refractivity contribution in [1.29, 1.82) is 0 Å². The number of aliphatic hydroxyl groups is 1. The molecule has 2 fully saturated rings. The molecule has 164 valence electrons. The molecule has 3 amide bonds. The first-order chi connectivity index (χ1) is 13.9. The molecular weight excluding hydrogens is 378 g/mol. The molecule has 2 aliphatic heterocycles. The summed E-state index contributed by atoms with van der Waals surface area (Å²) in [5.41, 5.74) is 16.6. The van der Waals surface area contributed by atoms with Gasteiger partial charge in [0.2, 0.25) is 17.7 Å². The Bertz CT molecular complexity index is 623. The van der Waals surface area contributed by atoms with Crippen LogP contribution in [0.4, 0.5) is 0 Å². The number of amides is 3. The number of guanidine groups is 1. The molecule has 11 heteroatoms. The maximum absolute atomic E-state index is 13.1. The topological polar surface area (TPSA) is 180 Å². The lowest BCUT2D eigenvalue weighted by atomic mass is 10.1. The number of carbonyl (C=O) groups is 3. The van der Waals surface area contributed by atoms with Gasteiger partial charge in [0.05, 0.1) is 12.6 Å². The van der Waals surface area contributed by atoms with Gasteiger partial charge in [0, 0.05) is 26.2 Å². The summed E-state index contributed by atoms with van der Waals surface area (Å²) in [7, 11) is 0. The third-order valence-electron chi connectivity index (χ3n) is 5.36. The van der Waals surface area contributed by atoms with Crippen LogP contribution in [-0.2, 0) is 14.4 Å². The van der Waals surface area contributed by atoms with Crippen molar-refractivity contribution in [1.82, 2.24) is 15.1 Å². The van der Waals surface area contributed by atoms with E-state index in [1.54, 1.807) is 9.80 Å². The molecule has 2 saturated heterocycles. The average Bonchev–Trinajstić information content (AvgIpc) is 3.37. The van der Waals surface area contributed by atoms with Crippen molar-refractivity contribution < 1.29 is 19.5 Å². The zero-order valence-electron chi connectivity index (χ0n) is 16.8. The van der Waals surface area contributed by atoms with Gasteiger partial charge in [0.1, 0.15) is 12.1 Å². The lowest BCUT2D eigenvalue weighted by Gasteiger charge is -2.32. The van der Waals surface area contributed by atoms with E-state index < -0.39 is 18.1 Å². The Balaban J connectivity index is 1.96. The number of likely N-dealkylation sites (tertiary alicyclic amines) is 2. The lowest BCUT2D eigenvalue weighted by Crippen LogP contribution is -2.55. The molecule has 0 saturated carbocycles. The van der Waals surface area contributed by atoms with E-state index in [1.807, 2.05) is 0 Å². The first-order valence-corrected chi connectivity index (χ1v) is 10.2. The van der Waals surface area contributed by atoms with Crippen molar-refractivity contribution in [2.75, 3.05) is 32.8 Å². The molecular formula is C18H33N7O4. The summed E-state index contributed by atoms with van der Waals surface area (Å²) in [5, 5.41) is 11.5. The third-order valence-corrected chi connectivity index (χ3v) is 5.36. The van der Waals surface area contributed by atoms with Crippen molar-refractivity contribution in [2.24, 2.45) is 22.2 Å². The Labute approximate surface area is 170 Å². The minimum Gasteiger partial charge on any atom is -0.395 e. The molecule has 2 heterocycles. The van der Waals surface area contributed by atoms with E-state index in [2.05, 4.69) is 10.3 Å². The van der Waals surface area contributed by atoms with Gasteiger partial charge in [-0.05, 0) is 38.5 Å². The third kappa shape index (κ3) is 6.04. The Morgan fingerprint density at radius 1 is 1.10 bits per heavy atom. The van der Waals surface area contributed by atoms with Gasteiger partial charge < -0.3 is 37.4 Å². The molecule has 3 atom stereocenters. The summed E-state index contributed by atoms with van der Waals surface area (Å²) < 4.78 is 0. The molecule has 0 spiro atoms. The molecule has 0 aromatic carbocycles. The average molecular weight is 412 g/mol. The molecule has 11 nitrogen and oxygen atoms in total. The van der Waals surface area contributed by atoms with Crippen molar-refractivity contribution in [3.8, 4) is 0 Å². The molecule has 2 rings (SSSR count). The van der Waals surface area contributed by atoms with Crippen LogP contribution in [-0.4, -0.2) is 89.5 Å². The summed E-state index contributed by atoms with van der Waals surface area (Å²) in [6.07, 6.45) is 3.58. The van der Waals surface area contributed by atoms with Crippen molar-refractivity contribution in [2.45, 2.75) is 56.7 Å². The fraction of sp³-hybridized carbons (Fsp3) is 0.778. The number of aliphatic imine (C=N–C) groups is 1. The number of nitrogens with one attached hydrogen (secondary N) is 1. The molecule has 0 radical (unpaired) electrons. The predicted molar refractivity (Wildman–Crippen MR) is 107 cm³/mol. The van der Waals surface area contributed by atoms with Crippen LogP contribution in [0.25, 0.3) is 0 Å². The Hall–Kier alpha value is -2.40. The normalized spacial score (nSPS) is 22.4. The zero-order chi connectivity index (χ0) is 21.4. The number of nitrogens with zero attached hydrogens (tertiary/aromatic N) is 3. The van der Waals surface area contributed by atoms with Crippen LogP contribution in [0.1, 0.15) is 38.5 Å². The molecule has 2 aliphatic rings. The first kappa shape index (κ1) is 22.9. The highest BCUT2D eigenvalue weighted by atomic mass is 16.3. The Morgan fingerprint density at radius 2 is 1.76 bits per heavy atom. The second-order valence-corrected chi connectivity index (χ2v) is 7.45. The number of hydrogen-bond acceptors (Lipinski definition) is 6. The van der Waals surface area contributed by atoms with Crippen LogP contribution >= 0.6 is 0 Å². The number of rotatable bonds is 9. The number of carbonyl (C=O) groups excluding carboxylic acids is 3. The minimum absolute atomic E-state index is 0.00158. The van der Waals surface area contributed by atoms with Gasteiger partial charge in [-0.3, -0.25) is 19.4 Å². The largest absolute Gasteiger partial charge is 0.395 e. The first-order valence-electron chi connectivity index (χ1n) is 10.2. The maximum Gasteiger partial charge on any atom is 0.246 e. The van der Waals surface area contributed by atoms with E-state index in [-0.39, 0.29) is 36.8 Å². The number of hydrogen-bond donors (Lipinski definition) is 5. The molecule has 0 aliphatic carbocycles. The van der Waals surface area contributed by atoms with E-state index in [9.17, 15) is 14.4 Å². The monoisotopic (exact) mass is 411 g/mol. The smallest absolute Gasteiger partial charge is 0.246 e. The van der Waals surface area contributed by atoms with Crippen LogP contribution in [0.3, 0.4) is 0 Å². The molecule has 0 unspecified atom stereocenters. The summed E-state index contributed by atoms with van der Waals surface area (Å²) in [5.74, 6) is -0.730. The minimum atomic E-state index is -0.722. The van der Waals surface area contributed by atoms with E-state index in [0.717, 1.165) is 12.8 Å². The SMILES string of the molecule is NC(N)=NCCC[C@H](N)C(=O)N1CCC[C@H]1C(=O)N1CCC[C@H]1C(=O)NCCO. The molecule has 0 aromatic rings. The Morgan fingerprint density at radius 3 is 2.41 bits per heavy atom. The van der Waals surface area contributed by atoms with Crippen molar-refractivity contribution in [3.63, 3.8) is 0 Å². The standard InChI is InChI=1S/C18H33N7O4/c19-12(4-1-7-23-18(20)21)16(28)25-10-3-6-14(25)17(29)24-9-2-5-13(24)15(27)22-8-11-26/h12-14,26H,1-11,19H2,(H,22,27)(H4,20,21,23)/t12-,13-,14-/m0/s1. The van der Waals surface area contributed by atoms with E-state index in [4.69, 9.17) is 22.3 Å². The van der Waals surface area contributed by atoms with Crippen molar-refractivity contribution >= 4 is 23.7 Å². The predicted octanol–water partition coefficient (Wildman–Crippen LogP) is -2.54. The van der Waals surface area contributed by atoms with Gasteiger partial charge in [-0.15, -0.1) is 0 Å². The van der Waals surface area contributed by atoms with E-state index in [1.165, 1.54) is 0 Å². The molecule has 8 N–H and O–H groups in total. The maximum atomic E-state index is 13.1. The quantitative estimate of drug-likeness (QED) is 0.157. The van der Waals surface area contributed by atoms with Gasteiger partial charge in [0.15, 0.2) is 5.96 Å². The summed E-state index contributed by atoms with van der Waals surface area (Å²) in [6.45, 7) is 1.35. The highest BCUT2D eigenvalue weighted by Gasteiger charge is 2.42. The summed E-state index contributed by atoms with van der Waals surface area (Å²) >= 11 is 0. The second kappa shape index (κ2) is 11.0. The molecule has 0 bridgehead atoms. The fourth-order valence-electron chi connectivity index (χ4n) is 3.93. The molecule has 0 aromatic heterocycles. The molecule has 29 heavy (non-hydrogen) atoms. The van der Waals surface area contributed by atoms with E-state index >= 15 is 0 Å². The van der Waals surface area contributed by atoms with Crippen LogP contribution in [0, 0.1) is 0 Å². The second-order valence-electron chi connectivity index (χ2n) is 7.45. The van der Waals surface area contributed by atoms with Crippen LogP contribution in [0.15, 0.2) is 4.99 Å². The van der Waals surface area contributed by atoms with Gasteiger partial charge >= 0.3 is 0 Å². The van der Waals surface area contributed by atoms with Crippen LogP contribution in [0.2, 0.25) is 0 Å². The highest BCUT2D eigenvalue weighted by Crippen LogP contribution is 2.25. The number of nitrogens with two attached hydrogens (primary N) is 3. The number of aliphatic hydroxyl groups excluding tert-OH is 1. The fourth-order valence-corrected chi connectivity index (χ4v) is 3.93. The van der Waals surface area contributed by atoms with Gasteiger partial charge in [-0.1, -0.05) is 0 Å². The van der Waals surface area contributed by atoms with Gasteiger partial charge in [-0.25, -0.2) is 0 Å². The van der Waals surface area contributed by atoms with Crippen molar-refractivity contribution in [3.05, 3.63) is 0 Å². The zero-order valence-corrected chi connectivity index (χ0v) is 16.8. The Kier molecular flexibility index (Phi) is 8.65. The van der Waals surface area contributed by atoms with Crippen LogP contribution in [0.5, 0.6) is 0 Å². The summed E-state index contributed by atoms with van der Waals surface area (Å²) in [4.78, 5) is 45.2. The summed E-state index contributed by atoms with van der Waals surface area (Å²) in [6, 6.07) is -1.86. The van der Waals surface area contributed by atoms with Gasteiger partial charge in [-0.2, -0.15) is 0 Å². The highest BCUT2D eigenvalue weighted by molar-refractivity contribution is 5.93.